The second kappa shape index (κ2) is 8.16. The number of benzene rings is 1. The summed E-state index contributed by atoms with van der Waals surface area (Å²) in [5.74, 6) is 0. The third-order valence-corrected chi connectivity index (χ3v) is 3.80. The van der Waals surface area contributed by atoms with Gasteiger partial charge in [-0.3, -0.25) is 0 Å². The number of rotatable bonds is 7. The lowest BCUT2D eigenvalue weighted by Gasteiger charge is -2.10. The number of methoxy groups -OCH3 is 1. The molecule has 0 amide bonds. The van der Waals surface area contributed by atoms with Crippen LogP contribution in [-0.2, 0) is 9.47 Å². The molecule has 0 aliphatic carbocycles. The Hall–Kier alpha value is -0.000000000000000111. The molecule has 0 saturated carbocycles. The molecular weight excluding hydrogens is 329 g/mol. The van der Waals surface area contributed by atoms with E-state index in [1.54, 1.807) is 7.11 Å². The lowest BCUT2D eigenvalue weighted by atomic mass is 10.3. The minimum atomic E-state index is 0.511. The summed E-state index contributed by atoms with van der Waals surface area (Å²) in [4.78, 5) is 0. The van der Waals surface area contributed by atoms with Gasteiger partial charge in [-0.15, -0.1) is 0 Å². The van der Waals surface area contributed by atoms with Crippen molar-refractivity contribution in [2.24, 2.45) is 0 Å². The summed E-state index contributed by atoms with van der Waals surface area (Å²) >= 11 is 15.4. The van der Waals surface area contributed by atoms with E-state index < -0.39 is 0 Å². The van der Waals surface area contributed by atoms with Crippen molar-refractivity contribution in [3.8, 4) is 0 Å². The van der Waals surface area contributed by atoms with Crippen molar-refractivity contribution in [2.45, 2.75) is 0 Å². The van der Waals surface area contributed by atoms with Gasteiger partial charge in [-0.05, 0) is 28.1 Å². The standard InChI is InChI=1S/C11H14BrCl2NO2/c1-16-6-7-17-5-4-15-9-3-2-8(12)10(13)11(9)14/h2-3,15H,4-7H2,1H3. The molecule has 6 heteroatoms. The molecule has 1 N–H and O–H groups in total. The lowest BCUT2D eigenvalue weighted by molar-refractivity contribution is 0.0759. The highest BCUT2D eigenvalue weighted by molar-refractivity contribution is 9.10. The first-order valence-electron chi connectivity index (χ1n) is 5.11. The molecule has 0 fully saturated rings. The highest BCUT2D eigenvalue weighted by atomic mass is 79.9. The highest BCUT2D eigenvalue weighted by Crippen LogP contribution is 2.35. The second-order valence-electron chi connectivity index (χ2n) is 3.25. The summed E-state index contributed by atoms with van der Waals surface area (Å²) in [6.07, 6.45) is 0. The molecule has 0 radical (unpaired) electrons. The molecular formula is C11H14BrCl2NO2. The summed E-state index contributed by atoms with van der Waals surface area (Å²) in [6.45, 7) is 2.45. The van der Waals surface area contributed by atoms with E-state index in [0.29, 0.717) is 36.4 Å². The monoisotopic (exact) mass is 341 g/mol. The molecule has 0 unspecified atom stereocenters. The Balaban J connectivity index is 2.35. The fraction of sp³-hybridized carbons (Fsp3) is 0.455. The summed E-state index contributed by atoms with van der Waals surface area (Å²) in [5.41, 5.74) is 0.801. The van der Waals surface area contributed by atoms with E-state index in [1.165, 1.54) is 0 Å². The molecule has 0 aromatic heterocycles. The van der Waals surface area contributed by atoms with Gasteiger partial charge in [-0.2, -0.15) is 0 Å². The topological polar surface area (TPSA) is 30.5 Å². The summed E-state index contributed by atoms with van der Waals surface area (Å²) in [7, 11) is 1.64. The Morgan fingerprint density at radius 1 is 1.18 bits per heavy atom. The Kier molecular flexibility index (Phi) is 7.23. The quantitative estimate of drug-likeness (QED) is 0.603. The fourth-order valence-electron chi connectivity index (χ4n) is 1.16. The van der Waals surface area contributed by atoms with Gasteiger partial charge in [0, 0.05) is 18.1 Å². The lowest BCUT2D eigenvalue weighted by Crippen LogP contribution is -2.12. The summed E-state index contributed by atoms with van der Waals surface area (Å²) in [5, 5.41) is 4.18. The molecule has 0 spiro atoms. The van der Waals surface area contributed by atoms with Gasteiger partial charge in [0.05, 0.1) is 35.6 Å². The van der Waals surface area contributed by atoms with E-state index in [2.05, 4.69) is 21.2 Å². The van der Waals surface area contributed by atoms with Crippen LogP contribution in [0.15, 0.2) is 16.6 Å². The smallest absolute Gasteiger partial charge is 0.0835 e. The zero-order valence-electron chi connectivity index (χ0n) is 9.43. The number of nitrogens with one attached hydrogen (secondary N) is 1. The first-order valence-corrected chi connectivity index (χ1v) is 6.65. The van der Waals surface area contributed by atoms with E-state index in [-0.39, 0.29) is 0 Å². The Morgan fingerprint density at radius 3 is 2.65 bits per heavy atom. The minimum Gasteiger partial charge on any atom is -0.382 e. The van der Waals surface area contributed by atoms with Crippen LogP contribution in [0, 0.1) is 0 Å². The molecule has 96 valence electrons. The molecule has 0 atom stereocenters. The number of anilines is 1. The average Bonchev–Trinajstić information content (AvgIpc) is 2.33. The Morgan fingerprint density at radius 2 is 1.94 bits per heavy atom. The molecule has 0 saturated heterocycles. The van der Waals surface area contributed by atoms with E-state index >= 15 is 0 Å². The van der Waals surface area contributed by atoms with Crippen LogP contribution in [0.4, 0.5) is 5.69 Å². The van der Waals surface area contributed by atoms with Crippen molar-refractivity contribution in [1.82, 2.24) is 0 Å². The van der Waals surface area contributed by atoms with Gasteiger partial charge < -0.3 is 14.8 Å². The third-order valence-electron chi connectivity index (χ3n) is 2.03. The zero-order valence-corrected chi connectivity index (χ0v) is 12.5. The molecule has 1 aromatic carbocycles. The van der Waals surface area contributed by atoms with Gasteiger partial charge in [0.15, 0.2) is 0 Å². The average molecular weight is 343 g/mol. The predicted molar refractivity (Wildman–Crippen MR) is 75.3 cm³/mol. The SMILES string of the molecule is COCCOCCNc1ccc(Br)c(Cl)c1Cl. The molecule has 1 aromatic rings. The van der Waals surface area contributed by atoms with E-state index in [1.807, 2.05) is 12.1 Å². The van der Waals surface area contributed by atoms with Gasteiger partial charge in [0.25, 0.3) is 0 Å². The normalized spacial score (nSPS) is 10.6. The van der Waals surface area contributed by atoms with E-state index in [0.717, 1.165) is 10.2 Å². The van der Waals surface area contributed by atoms with E-state index in [4.69, 9.17) is 32.7 Å². The van der Waals surface area contributed by atoms with Crippen LogP contribution in [0.3, 0.4) is 0 Å². The van der Waals surface area contributed by atoms with Crippen LogP contribution in [0.1, 0.15) is 0 Å². The minimum absolute atomic E-state index is 0.511. The van der Waals surface area contributed by atoms with Crippen LogP contribution in [-0.4, -0.2) is 33.5 Å². The van der Waals surface area contributed by atoms with Crippen molar-refractivity contribution in [3.05, 3.63) is 26.7 Å². The highest BCUT2D eigenvalue weighted by Gasteiger charge is 2.07. The number of hydrogen-bond donors (Lipinski definition) is 1. The molecule has 17 heavy (non-hydrogen) atoms. The largest absolute Gasteiger partial charge is 0.382 e. The number of ether oxygens (including phenoxy) is 2. The van der Waals surface area contributed by atoms with Crippen molar-refractivity contribution < 1.29 is 9.47 Å². The van der Waals surface area contributed by atoms with Gasteiger partial charge in [0.1, 0.15) is 0 Å². The molecule has 1 rings (SSSR count). The maximum absolute atomic E-state index is 6.08. The van der Waals surface area contributed by atoms with Gasteiger partial charge in [-0.25, -0.2) is 0 Å². The van der Waals surface area contributed by atoms with Gasteiger partial charge in [0.2, 0.25) is 0 Å². The van der Waals surface area contributed by atoms with Gasteiger partial charge in [-0.1, -0.05) is 23.2 Å². The predicted octanol–water partition coefficient (Wildman–Crippen LogP) is 3.83. The molecule has 3 nitrogen and oxygen atoms in total. The molecule has 0 heterocycles. The Labute approximate surface area is 120 Å². The first-order chi connectivity index (χ1) is 8.16. The van der Waals surface area contributed by atoms with Crippen molar-refractivity contribution >= 4 is 44.8 Å². The van der Waals surface area contributed by atoms with Crippen LogP contribution < -0.4 is 5.32 Å². The van der Waals surface area contributed by atoms with Crippen molar-refractivity contribution in [2.75, 3.05) is 38.8 Å². The van der Waals surface area contributed by atoms with Crippen molar-refractivity contribution in [1.29, 1.82) is 0 Å². The molecule has 0 bridgehead atoms. The van der Waals surface area contributed by atoms with Crippen LogP contribution in [0.2, 0.25) is 10.0 Å². The number of halogens is 3. The van der Waals surface area contributed by atoms with E-state index in [9.17, 15) is 0 Å². The summed E-state index contributed by atoms with van der Waals surface area (Å²) < 4.78 is 11.0. The van der Waals surface area contributed by atoms with Crippen LogP contribution >= 0.6 is 39.1 Å². The fourth-order valence-corrected chi connectivity index (χ4v) is 2.01. The molecule has 0 aliphatic rings. The third kappa shape index (κ3) is 5.02. The second-order valence-corrected chi connectivity index (χ2v) is 4.87. The van der Waals surface area contributed by atoms with Crippen LogP contribution in [0.25, 0.3) is 0 Å². The maximum atomic E-state index is 6.08. The summed E-state index contributed by atoms with van der Waals surface area (Å²) in [6, 6.07) is 3.72. The van der Waals surface area contributed by atoms with Crippen LogP contribution in [0.5, 0.6) is 0 Å². The maximum Gasteiger partial charge on any atom is 0.0835 e. The number of hydrogen-bond acceptors (Lipinski definition) is 3. The van der Waals surface area contributed by atoms with Crippen molar-refractivity contribution in [3.63, 3.8) is 0 Å². The first kappa shape index (κ1) is 15.1. The zero-order chi connectivity index (χ0) is 12.7. The molecule has 0 aliphatic heterocycles. The van der Waals surface area contributed by atoms with Gasteiger partial charge >= 0.3 is 0 Å². The Bertz CT molecular complexity index is 364.